The van der Waals surface area contributed by atoms with E-state index in [1.165, 1.54) is 6.08 Å². The van der Waals surface area contributed by atoms with Crippen molar-refractivity contribution >= 4 is 23.4 Å². The van der Waals surface area contributed by atoms with E-state index in [9.17, 15) is 19.8 Å². The Kier molecular flexibility index (Phi) is 5.77. The standard InChI is InChI=1S/C20H23ClO6/c1-10(2)16-9-17-15(26-17)6-4-3-5-11(22)7-12-18(20(25)27-16)13(23)8-14(24)19(12)21/h3,5,8,10,15-17,23-24H,4,6-7,9H2,1-2H3/t15?,16-,17?/m0/s1. The second kappa shape index (κ2) is 7.90. The minimum atomic E-state index is -0.769. The summed E-state index contributed by atoms with van der Waals surface area (Å²) in [5.41, 5.74) is -0.121. The quantitative estimate of drug-likeness (QED) is 0.558. The van der Waals surface area contributed by atoms with Crippen LogP contribution >= 0.6 is 11.6 Å². The van der Waals surface area contributed by atoms with Gasteiger partial charge in [-0.25, -0.2) is 4.79 Å². The van der Waals surface area contributed by atoms with E-state index >= 15 is 0 Å². The number of halogens is 1. The topological polar surface area (TPSA) is 96.4 Å². The molecule has 7 heteroatoms. The first kappa shape index (κ1) is 19.7. The molecule has 2 N–H and O–H groups in total. The highest BCUT2D eigenvalue weighted by Crippen LogP contribution is 2.38. The molecule has 0 bridgehead atoms. The van der Waals surface area contributed by atoms with Crippen LogP contribution in [0, 0.1) is 5.92 Å². The fourth-order valence-electron chi connectivity index (χ4n) is 3.31. The van der Waals surface area contributed by atoms with Gasteiger partial charge in [0.15, 0.2) is 5.78 Å². The number of allylic oxidation sites excluding steroid dienone is 2. The van der Waals surface area contributed by atoms with Gasteiger partial charge < -0.3 is 19.7 Å². The van der Waals surface area contributed by atoms with Gasteiger partial charge in [0.1, 0.15) is 23.2 Å². The van der Waals surface area contributed by atoms with Crippen molar-refractivity contribution in [3.05, 3.63) is 34.4 Å². The summed E-state index contributed by atoms with van der Waals surface area (Å²) >= 11 is 6.13. The minimum Gasteiger partial charge on any atom is -0.507 e. The highest BCUT2D eigenvalue weighted by atomic mass is 35.5. The Labute approximate surface area is 162 Å². The maximum absolute atomic E-state index is 12.8. The Morgan fingerprint density at radius 1 is 1.19 bits per heavy atom. The molecule has 3 atom stereocenters. The Morgan fingerprint density at radius 3 is 2.63 bits per heavy atom. The summed E-state index contributed by atoms with van der Waals surface area (Å²) in [7, 11) is 0. The van der Waals surface area contributed by atoms with E-state index in [0.29, 0.717) is 12.8 Å². The van der Waals surface area contributed by atoms with Gasteiger partial charge in [0.05, 0.1) is 17.2 Å². The fraction of sp³-hybridized carbons (Fsp3) is 0.500. The number of carbonyl (C=O) groups excluding carboxylic acids is 2. The van der Waals surface area contributed by atoms with Crippen molar-refractivity contribution in [3.8, 4) is 11.5 Å². The molecule has 1 saturated heterocycles. The van der Waals surface area contributed by atoms with Crippen LogP contribution < -0.4 is 0 Å². The summed E-state index contributed by atoms with van der Waals surface area (Å²) in [6, 6.07) is 0.982. The van der Waals surface area contributed by atoms with E-state index in [1.807, 2.05) is 13.8 Å². The second-order valence-corrected chi connectivity index (χ2v) is 7.72. The molecule has 146 valence electrons. The summed E-state index contributed by atoms with van der Waals surface area (Å²) < 4.78 is 11.3. The molecular weight excluding hydrogens is 372 g/mol. The van der Waals surface area contributed by atoms with Crippen molar-refractivity contribution < 1.29 is 29.3 Å². The van der Waals surface area contributed by atoms with Crippen LogP contribution in [0.5, 0.6) is 11.5 Å². The van der Waals surface area contributed by atoms with Crippen molar-refractivity contribution in [2.75, 3.05) is 0 Å². The SMILES string of the molecule is CC(C)[C@@H]1CC2OC2CCC=CC(=O)Cc2c(Cl)c(O)cc(O)c2C(=O)O1. The van der Waals surface area contributed by atoms with Crippen LogP contribution in [0.25, 0.3) is 0 Å². The summed E-state index contributed by atoms with van der Waals surface area (Å²) in [6.07, 6.45) is 4.76. The monoisotopic (exact) mass is 394 g/mol. The Bertz CT molecular complexity index is 785. The lowest BCUT2D eigenvalue weighted by atomic mass is 9.97. The zero-order valence-corrected chi connectivity index (χ0v) is 16.0. The number of benzene rings is 1. The summed E-state index contributed by atoms with van der Waals surface area (Å²) in [5, 5.41) is 20.0. The van der Waals surface area contributed by atoms with Crippen LogP contribution in [0.15, 0.2) is 18.2 Å². The van der Waals surface area contributed by atoms with Crippen LogP contribution in [-0.2, 0) is 20.7 Å². The van der Waals surface area contributed by atoms with Crippen LogP contribution in [0.4, 0.5) is 0 Å². The van der Waals surface area contributed by atoms with Crippen molar-refractivity contribution in [2.45, 2.75) is 57.8 Å². The molecule has 0 aromatic heterocycles. The number of hydrogen-bond donors (Lipinski definition) is 2. The third-order valence-corrected chi connectivity index (χ3v) is 5.37. The number of cyclic esters (lactones) is 1. The van der Waals surface area contributed by atoms with Gasteiger partial charge in [0, 0.05) is 24.5 Å². The number of phenols is 2. The number of hydrogen-bond acceptors (Lipinski definition) is 6. The van der Waals surface area contributed by atoms with Crippen LogP contribution in [0.1, 0.15) is 49.0 Å². The highest BCUT2D eigenvalue weighted by molar-refractivity contribution is 6.33. The van der Waals surface area contributed by atoms with Crippen molar-refractivity contribution in [3.63, 3.8) is 0 Å². The lowest BCUT2D eigenvalue weighted by molar-refractivity contribution is -0.114. The van der Waals surface area contributed by atoms with Crippen LogP contribution in [0.3, 0.4) is 0 Å². The molecule has 3 rings (SSSR count). The van der Waals surface area contributed by atoms with Gasteiger partial charge in [0.2, 0.25) is 0 Å². The molecule has 1 aromatic carbocycles. The molecule has 27 heavy (non-hydrogen) atoms. The van der Waals surface area contributed by atoms with E-state index < -0.39 is 23.6 Å². The van der Waals surface area contributed by atoms with E-state index in [4.69, 9.17) is 21.1 Å². The fourth-order valence-corrected chi connectivity index (χ4v) is 3.52. The number of esters is 1. The zero-order valence-electron chi connectivity index (χ0n) is 15.3. The number of aromatic hydroxyl groups is 2. The maximum Gasteiger partial charge on any atom is 0.342 e. The van der Waals surface area contributed by atoms with Gasteiger partial charge in [-0.1, -0.05) is 31.5 Å². The molecule has 0 radical (unpaired) electrons. The molecule has 1 aromatic rings. The van der Waals surface area contributed by atoms with E-state index in [-0.39, 0.29) is 46.5 Å². The highest BCUT2D eigenvalue weighted by Gasteiger charge is 2.41. The van der Waals surface area contributed by atoms with Gasteiger partial charge in [0.25, 0.3) is 0 Å². The molecule has 1 fully saturated rings. The molecule has 0 amide bonds. The Balaban J connectivity index is 2.00. The second-order valence-electron chi connectivity index (χ2n) is 7.34. The molecule has 2 aliphatic rings. The third-order valence-electron chi connectivity index (χ3n) is 4.95. The molecule has 6 nitrogen and oxygen atoms in total. The number of rotatable bonds is 1. The van der Waals surface area contributed by atoms with Gasteiger partial charge in [-0.05, 0) is 24.8 Å². The molecule has 2 unspecified atom stereocenters. The number of ketones is 1. The number of phenolic OH excluding ortho intramolecular Hbond substituents is 2. The van der Waals surface area contributed by atoms with Crippen molar-refractivity contribution in [1.82, 2.24) is 0 Å². The van der Waals surface area contributed by atoms with Gasteiger partial charge in [-0.2, -0.15) is 0 Å². The Morgan fingerprint density at radius 2 is 1.93 bits per heavy atom. The lowest BCUT2D eigenvalue weighted by Crippen LogP contribution is -2.27. The number of ether oxygens (including phenoxy) is 2. The predicted octanol–water partition coefficient (Wildman–Crippen LogP) is 3.55. The van der Waals surface area contributed by atoms with Gasteiger partial charge >= 0.3 is 5.97 Å². The average molecular weight is 395 g/mol. The Hall–Kier alpha value is -2.05. The molecule has 2 aliphatic heterocycles. The summed E-state index contributed by atoms with van der Waals surface area (Å²) in [4.78, 5) is 25.1. The summed E-state index contributed by atoms with van der Waals surface area (Å²) in [6.45, 7) is 3.88. The molecule has 0 saturated carbocycles. The van der Waals surface area contributed by atoms with Crippen molar-refractivity contribution in [1.29, 1.82) is 0 Å². The number of epoxide rings is 1. The number of fused-ring (bicyclic) bond motifs is 2. The van der Waals surface area contributed by atoms with Crippen LogP contribution in [-0.4, -0.2) is 40.3 Å². The maximum atomic E-state index is 12.8. The first-order chi connectivity index (χ1) is 12.8. The predicted molar refractivity (Wildman–Crippen MR) is 99.2 cm³/mol. The van der Waals surface area contributed by atoms with E-state index in [1.54, 1.807) is 6.08 Å². The number of carbonyl (C=O) groups is 2. The largest absolute Gasteiger partial charge is 0.507 e. The molecular formula is C20H23ClO6. The van der Waals surface area contributed by atoms with Gasteiger partial charge in [-0.3, -0.25) is 4.79 Å². The van der Waals surface area contributed by atoms with Crippen LogP contribution in [0.2, 0.25) is 5.02 Å². The van der Waals surface area contributed by atoms with E-state index in [2.05, 4.69) is 0 Å². The summed E-state index contributed by atoms with van der Waals surface area (Å²) in [5.74, 6) is -1.88. The lowest BCUT2D eigenvalue weighted by Gasteiger charge is -2.22. The van der Waals surface area contributed by atoms with E-state index in [0.717, 1.165) is 12.5 Å². The minimum absolute atomic E-state index is 0.0220. The average Bonchev–Trinajstić information content (AvgIpc) is 3.33. The molecule has 0 spiro atoms. The first-order valence-corrected chi connectivity index (χ1v) is 9.44. The molecule has 2 heterocycles. The van der Waals surface area contributed by atoms with Gasteiger partial charge in [-0.15, -0.1) is 0 Å². The first-order valence-electron chi connectivity index (χ1n) is 9.07. The van der Waals surface area contributed by atoms with Crippen molar-refractivity contribution in [2.24, 2.45) is 5.92 Å². The third kappa shape index (κ3) is 4.45. The smallest absolute Gasteiger partial charge is 0.342 e. The normalized spacial score (nSPS) is 26.1. The molecule has 0 aliphatic carbocycles. The zero-order chi connectivity index (χ0) is 19.7.